The summed E-state index contributed by atoms with van der Waals surface area (Å²) in [5, 5.41) is 2.90. The Labute approximate surface area is 188 Å². The first-order valence-electron chi connectivity index (χ1n) is 10.3. The van der Waals surface area contributed by atoms with Crippen LogP contribution in [0.1, 0.15) is 47.2 Å². The van der Waals surface area contributed by atoms with Crippen LogP contribution in [0.3, 0.4) is 0 Å². The molecule has 32 heavy (non-hydrogen) atoms. The maximum absolute atomic E-state index is 13.9. The molecule has 3 rings (SSSR count). The zero-order chi connectivity index (χ0) is 23.5. The molecule has 0 saturated heterocycles. The number of imidazole rings is 1. The first-order valence-corrected chi connectivity index (χ1v) is 11.8. The highest BCUT2D eigenvalue weighted by Crippen LogP contribution is 2.24. The smallest absolute Gasteiger partial charge is 0.252 e. The summed E-state index contributed by atoms with van der Waals surface area (Å²) in [6.45, 7) is 5.92. The number of sulfonamides is 1. The molecule has 1 aromatic heterocycles. The van der Waals surface area contributed by atoms with E-state index in [-0.39, 0.29) is 10.5 Å². The van der Waals surface area contributed by atoms with Crippen LogP contribution < -0.4 is 5.32 Å². The minimum Gasteiger partial charge on any atom is -0.338 e. The third kappa shape index (κ3) is 4.73. The Bertz CT molecular complexity index is 1220. The standard InChI is InChI=1S/C23H27FN4O3S/c1-5-28(6-2)32(30,31)19-11-10-16(3)20(15-19)23(29)26-21(22-25-12-13-27(22)4)17-8-7-9-18(24)14-17/h7-15,21H,5-6H2,1-4H3,(H,26,29). The molecule has 9 heteroatoms. The van der Waals surface area contributed by atoms with E-state index in [1.54, 1.807) is 63.0 Å². The van der Waals surface area contributed by atoms with Gasteiger partial charge in [0.15, 0.2) is 0 Å². The lowest BCUT2D eigenvalue weighted by atomic mass is 10.0. The molecule has 1 heterocycles. The minimum absolute atomic E-state index is 0.0521. The highest BCUT2D eigenvalue weighted by Gasteiger charge is 2.26. The maximum atomic E-state index is 13.9. The third-order valence-electron chi connectivity index (χ3n) is 5.37. The van der Waals surface area contributed by atoms with Crippen molar-refractivity contribution < 1.29 is 17.6 Å². The summed E-state index contributed by atoms with van der Waals surface area (Å²) in [7, 11) is -1.94. The fourth-order valence-electron chi connectivity index (χ4n) is 3.57. The lowest BCUT2D eigenvalue weighted by Gasteiger charge is -2.21. The van der Waals surface area contributed by atoms with Crippen LogP contribution in [-0.4, -0.2) is 41.3 Å². The normalized spacial score (nSPS) is 12.7. The van der Waals surface area contributed by atoms with Crippen molar-refractivity contribution in [3.05, 3.63) is 83.2 Å². The number of nitrogens with one attached hydrogen (secondary N) is 1. The van der Waals surface area contributed by atoms with Gasteiger partial charge in [0.05, 0.1) is 4.90 Å². The number of carbonyl (C=O) groups excluding carboxylic acids is 1. The van der Waals surface area contributed by atoms with Gasteiger partial charge in [-0.3, -0.25) is 4.79 Å². The van der Waals surface area contributed by atoms with E-state index < -0.39 is 27.8 Å². The molecule has 1 atom stereocenters. The van der Waals surface area contributed by atoms with Crippen molar-refractivity contribution >= 4 is 15.9 Å². The number of rotatable bonds is 8. The first-order chi connectivity index (χ1) is 15.2. The van der Waals surface area contributed by atoms with E-state index in [4.69, 9.17) is 0 Å². The van der Waals surface area contributed by atoms with Crippen LogP contribution in [0.25, 0.3) is 0 Å². The summed E-state index contributed by atoms with van der Waals surface area (Å²) in [4.78, 5) is 17.6. The molecule has 0 radical (unpaired) electrons. The number of halogens is 1. The van der Waals surface area contributed by atoms with E-state index in [0.29, 0.717) is 30.0 Å². The Morgan fingerprint density at radius 3 is 2.50 bits per heavy atom. The molecule has 1 N–H and O–H groups in total. The zero-order valence-corrected chi connectivity index (χ0v) is 19.4. The van der Waals surface area contributed by atoms with Gasteiger partial charge in [-0.1, -0.05) is 32.0 Å². The van der Waals surface area contributed by atoms with Crippen LogP contribution in [0.15, 0.2) is 59.8 Å². The van der Waals surface area contributed by atoms with Crippen LogP contribution in [0.2, 0.25) is 0 Å². The van der Waals surface area contributed by atoms with Gasteiger partial charge < -0.3 is 9.88 Å². The summed E-state index contributed by atoms with van der Waals surface area (Å²) in [6, 6.07) is 9.72. The van der Waals surface area contributed by atoms with Gasteiger partial charge in [-0.15, -0.1) is 0 Å². The molecule has 0 bridgehead atoms. The Kier molecular flexibility index (Phi) is 7.10. The van der Waals surface area contributed by atoms with Crippen LogP contribution in [-0.2, 0) is 17.1 Å². The number of nitrogens with zero attached hydrogens (tertiary/aromatic N) is 3. The highest BCUT2D eigenvalue weighted by atomic mass is 32.2. The summed E-state index contributed by atoms with van der Waals surface area (Å²) in [5.74, 6) is -0.385. The van der Waals surface area contributed by atoms with E-state index in [1.807, 2.05) is 0 Å². The molecule has 1 amide bonds. The molecule has 0 aliphatic heterocycles. The van der Waals surface area contributed by atoms with Crippen molar-refractivity contribution in [2.45, 2.75) is 31.7 Å². The quantitative estimate of drug-likeness (QED) is 0.561. The molecular weight excluding hydrogens is 431 g/mol. The van der Waals surface area contributed by atoms with Gasteiger partial charge in [0, 0.05) is 38.1 Å². The first kappa shape index (κ1) is 23.6. The Morgan fingerprint density at radius 1 is 1.19 bits per heavy atom. The Balaban J connectivity index is 2.01. The summed E-state index contributed by atoms with van der Waals surface area (Å²) >= 11 is 0. The van der Waals surface area contributed by atoms with Gasteiger partial charge in [-0.05, 0) is 42.3 Å². The van der Waals surface area contributed by atoms with Crippen LogP contribution >= 0.6 is 0 Å². The van der Waals surface area contributed by atoms with Gasteiger partial charge in [0.1, 0.15) is 17.7 Å². The molecule has 0 saturated carbocycles. The van der Waals surface area contributed by atoms with E-state index >= 15 is 0 Å². The molecule has 0 aliphatic rings. The second-order valence-corrected chi connectivity index (χ2v) is 9.36. The monoisotopic (exact) mass is 458 g/mol. The van der Waals surface area contributed by atoms with Crippen molar-refractivity contribution in [3.63, 3.8) is 0 Å². The largest absolute Gasteiger partial charge is 0.338 e. The van der Waals surface area contributed by atoms with Gasteiger partial charge in [0.2, 0.25) is 10.0 Å². The third-order valence-corrected chi connectivity index (χ3v) is 7.42. The number of carbonyl (C=O) groups is 1. The number of aryl methyl sites for hydroxylation is 2. The molecule has 0 spiro atoms. The van der Waals surface area contributed by atoms with Gasteiger partial charge in [-0.2, -0.15) is 4.31 Å². The van der Waals surface area contributed by atoms with E-state index in [0.717, 1.165) is 0 Å². The van der Waals surface area contributed by atoms with Gasteiger partial charge >= 0.3 is 0 Å². The van der Waals surface area contributed by atoms with Crippen molar-refractivity contribution in [1.82, 2.24) is 19.2 Å². The average molecular weight is 459 g/mol. The lowest BCUT2D eigenvalue weighted by molar-refractivity contribution is 0.0940. The SMILES string of the molecule is CCN(CC)S(=O)(=O)c1ccc(C)c(C(=O)NC(c2cccc(F)c2)c2nccn2C)c1. The molecule has 7 nitrogen and oxygen atoms in total. The van der Waals surface area contributed by atoms with Crippen molar-refractivity contribution in [3.8, 4) is 0 Å². The van der Waals surface area contributed by atoms with Crippen LogP contribution in [0, 0.1) is 12.7 Å². The highest BCUT2D eigenvalue weighted by molar-refractivity contribution is 7.89. The number of hydrogen-bond acceptors (Lipinski definition) is 4. The van der Waals surface area contributed by atoms with E-state index in [9.17, 15) is 17.6 Å². The van der Waals surface area contributed by atoms with Crippen LogP contribution in [0.5, 0.6) is 0 Å². The zero-order valence-electron chi connectivity index (χ0n) is 18.5. The summed E-state index contributed by atoms with van der Waals surface area (Å²) < 4.78 is 42.9. The fourth-order valence-corrected chi connectivity index (χ4v) is 5.05. The van der Waals surface area contributed by atoms with Crippen molar-refractivity contribution in [2.24, 2.45) is 7.05 Å². The number of amides is 1. The Hall–Kier alpha value is -3.04. The number of hydrogen-bond donors (Lipinski definition) is 1. The molecule has 1 unspecified atom stereocenters. The molecule has 2 aromatic carbocycles. The number of aromatic nitrogens is 2. The van der Waals surface area contributed by atoms with E-state index in [2.05, 4.69) is 10.3 Å². The van der Waals surface area contributed by atoms with Crippen molar-refractivity contribution in [2.75, 3.05) is 13.1 Å². The molecule has 170 valence electrons. The van der Waals surface area contributed by atoms with Gasteiger partial charge in [-0.25, -0.2) is 17.8 Å². The number of benzene rings is 2. The lowest BCUT2D eigenvalue weighted by Crippen LogP contribution is -2.33. The summed E-state index contributed by atoms with van der Waals surface area (Å²) in [5.41, 5.74) is 1.38. The van der Waals surface area contributed by atoms with Crippen LogP contribution in [0.4, 0.5) is 4.39 Å². The molecule has 3 aromatic rings. The van der Waals surface area contributed by atoms with E-state index in [1.165, 1.54) is 28.6 Å². The predicted octanol–water partition coefficient (Wildman–Crippen LogP) is 3.42. The molecular formula is C23H27FN4O3S. The minimum atomic E-state index is -3.72. The fraction of sp³-hybridized carbons (Fsp3) is 0.304. The average Bonchev–Trinajstić information content (AvgIpc) is 3.18. The Morgan fingerprint density at radius 2 is 1.91 bits per heavy atom. The second kappa shape index (κ2) is 9.62. The second-order valence-electron chi connectivity index (χ2n) is 7.42. The summed E-state index contributed by atoms with van der Waals surface area (Å²) in [6.07, 6.45) is 3.33. The topological polar surface area (TPSA) is 84.3 Å². The maximum Gasteiger partial charge on any atom is 0.252 e. The molecule has 0 aliphatic carbocycles. The van der Waals surface area contributed by atoms with Crippen molar-refractivity contribution in [1.29, 1.82) is 0 Å². The predicted molar refractivity (Wildman–Crippen MR) is 120 cm³/mol. The van der Waals surface area contributed by atoms with Gasteiger partial charge in [0.25, 0.3) is 5.91 Å². The molecule has 0 fully saturated rings.